The van der Waals surface area contributed by atoms with Crippen LogP contribution in [0, 0.1) is 5.92 Å². The van der Waals surface area contributed by atoms with E-state index < -0.39 is 17.9 Å². The van der Waals surface area contributed by atoms with Crippen molar-refractivity contribution in [3.63, 3.8) is 0 Å². The van der Waals surface area contributed by atoms with Crippen molar-refractivity contribution in [1.82, 2.24) is 0 Å². The molecule has 0 saturated heterocycles. The van der Waals surface area contributed by atoms with Crippen LogP contribution in [0.3, 0.4) is 0 Å². The molecule has 0 fully saturated rings. The van der Waals surface area contributed by atoms with E-state index in [4.69, 9.17) is 9.47 Å². The van der Waals surface area contributed by atoms with E-state index in [1.807, 2.05) is 0 Å². The van der Waals surface area contributed by atoms with E-state index in [0.717, 1.165) is 12.8 Å². The van der Waals surface area contributed by atoms with Crippen LogP contribution in [0.25, 0.3) is 0 Å². The minimum absolute atomic E-state index is 0.297. The summed E-state index contributed by atoms with van der Waals surface area (Å²) in [5.74, 6) is -1.64. The van der Waals surface area contributed by atoms with Gasteiger partial charge in [-0.25, -0.2) is 0 Å². The maximum atomic E-state index is 11.7. The molecule has 0 unspecified atom stereocenters. The molecule has 0 heterocycles. The van der Waals surface area contributed by atoms with Crippen molar-refractivity contribution in [2.75, 3.05) is 13.2 Å². The average Bonchev–Trinajstić information content (AvgIpc) is 2.42. The third-order valence-electron chi connectivity index (χ3n) is 3.24. The van der Waals surface area contributed by atoms with Gasteiger partial charge in [-0.15, -0.1) is 0 Å². The fourth-order valence-electron chi connectivity index (χ4n) is 2.12. The van der Waals surface area contributed by atoms with E-state index in [1.165, 1.54) is 32.1 Å². The highest BCUT2D eigenvalue weighted by atomic mass is 16.6. The fraction of sp³-hybridized carbons (Fsp3) is 0.875. The fourth-order valence-corrected chi connectivity index (χ4v) is 2.12. The molecule has 0 aliphatic rings. The Hall–Kier alpha value is -1.06. The summed E-state index contributed by atoms with van der Waals surface area (Å²) >= 11 is 0. The van der Waals surface area contributed by atoms with Crippen LogP contribution < -0.4 is 0 Å². The first-order valence-corrected chi connectivity index (χ1v) is 8.00. The maximum Gasteiger partial charge on any atom is 0.320 e. The first-order valence-electron chi connectivity index (χ1n) is 8.00. The third kappa shape index (κ3) is 8.94. The highest BCUT2D eigenvalue weighted by Gasteiger charge is 2.28. The summed E-state index contributed by atoms with van der Waals surface area (Å²) in [6.07, 6.45) is 8.66. The van der Waals surface area contributed by atoms with E-state index in [2.05, 4.69) is 6.92 Å². The number of hydrogen-bond donors (Lipinski definition) is 0. The molecular weight excluding hydrogens is 256 g/mol. The van der Waals surface area contributed by atoms with Gasteiger partial charge in [0.05, 0.1) is 13.2 Å². The van der Waals surface area contributed by atoms with Crippen molar-refractivity contribution in [2.24, 2.45) is 5.92 Å². The number of carbonyl (C=O) groups is 2. The summed E-state index contributed by atoms with van der Waals surface area (Å²) in [6.45, 7) is 6.28. The minimum atomic E-state index is -0.745. The van der Waals surface area contributed by atoms with Gasteiger partial charge in [0, 0.05) is 0 Å². The smallest absolute Gasteiger partial charge is 0.320 e. The summed E-state index contributed by atoms with van der Waals surface area (Å²) in [5.41, 5.74) is 0. The van der Waals surface area contributed by atoms with E-state index in [9.17, 15) is 9.59 Å². The van der Waals surface area contributed by atoms with Crippen LogP contribution in [0.15, 0.2) is 0 Å². The number of esters is 2. The molecule has 0 aliphatic carbocycles. The quantitative estimate of drug-likeness (QED) is 0.310. The maximum absolute atomic E-state index is 11.7. The van der Waals surface area contributed by atoms with Gasteiger partial charge in [0.25, 0.3) is 0 Å². The van der Waals surface area contributed by atoms with Gasteiger partial charge in [-0.05, 0) is 20.3 Å². The minimum Gasteiger partial charge on any atom is -0.465 e. The van der Waals surface area contributed by atoms with Gasteiger partial charge in [-0.1, -0.05) is 51.9 Å². The molecule has 0 amide bonds. The molecule has 0 aromatic heterocycles. The lowest BCUT2D eigenvalue weighted by atomic mass is 10.00. The number of hydrogen-bond acceptors (Lipinski definition) is 4. The van der Waals surface area contributed by atoms with Gasteiger partial charge in [0.15, 0.2) is 5.92 Å². The van der Waals surface area contributed by atoms with Crippen LogP contribution in [-0.2, 0) is 19.1 Å². The number of rotatable bonds is 12. The van der Waals surface area contributed by atoms with Crippen LogP contribution in [0.4, 0.5) is 0 Å². The van der Waals surface area contributed by atoms with Crippen molar-refractivity contribution in [3.05, 3.63) is 0 Å². The predicted octanol–water partition coefficient (Wildman–Crippen LogP) is 3.87. The van der Waals surface area contributed by atoms with E-state index in [1.54, 1.807) is 13.8 Å². The molecule has 0 saturated carbocycles. The zero-order chi connectivity index (χ0) is 15.2. The van der Waals surface area contributed by atoms with Gasteiger partial charge in [-0.3, -0.25) is 9.59 Å². The number of ether oxygens (including phenoxy) is 2. The van der Waals surface area contributed by atoms with E-state index in [-0.39, 0.29) is 0 Å². The Bertz CT molecular complexity index is 245. The van der Waals surface area contributed by atoms with E-state index in [0.29, 0.717) is 19.6 Å². The normalized spacial score (nSPS) is 10.6. The SMILES string of the molecule is CCCCCCCCCC(C(=O)OCC)C(=O)OCC. The Morgan fingerprint density at radius 1 is 0.750 bits per heavy atom. The second-order valence-corrected chi connectivity index (χ2v) is 4.97. The number of unbranched alkanes of at least 4 members (excludes halogenated alkanes) is 6. The lowest BCUT2D eigenvalue weighted by molar-refractivity contribution is -0.161. The molecule has 0 rings (SSSR count). The molecule has 4 nitrogen and oxygen atoms in total. The van der Waals surface area contributed by atoms with Crippen LogP contribution >= 0.6 is 0 Å². The molecule has 0 aliphatic heterocycles. The highest BCUT2D eigenvalue weighted by Crippen LogP contribution is 2.16. The molecule has 0 N–H and O–H groups in total. The highest BCUT2D eigenvalue weighted by molar-refractivity contribution is 5.94. The lowest BCUT2D eigenvalue weighted by Crippen LogP contribution is -2.28. The Morgan fingerprint density at radius 2 is 1.20 bits per heavy atom. The lowest BCUT2D eigenvalue weighted by Gasteiger charge is -2.14. The largest absolute Gasteiger partial charge is 0.465 e. The second-order valence-electron chi connectivity index (χ2n) is 4.97. The van der Waals surface area contributed by atoms with Crippen molar-refractivity contribution in [3.8, 4) is 0 Å². The molecule has 0 aromatic rings. The summed E-state index contributed by atoms with van der Waals surface area (Å²) in [7, 11) is 0. The Kier molecular flexibility index (Phi) is 12.3. The van der Waals surface area contributed by atoms with Gasteiger partial charge in [-0.2, -0.15) is 0 Å². The molecule has 0 radical (unpaired) electrons. The van der Waals surface area contributed by atoms with Gasteiger partial charge in [0.1, 0.15) is 0 Å². The van der Waals surface area contributed by atoms with E-state index >= 15 is 0 Å². The zero-order valence-electron chi connectivity index (χ0n) is 13.3. The molecule has 0 atom stereocenters. The number of carbonyl (C=O) groups excluding carboxylic acids is 2. The molecule has 4 heteroatoms. The molecule has 0 bridgehead atoms. The Morgan fingerprint density at radius 3 is 1.65 bits per heavy atom. The third-order valence-corrected chi connectivity index (χ3v) is 3.24. The van der Waals surface area contributed by atoms with Gasteiger partial charge >= 0.3 is 11.9 Å². The van der Waals surface area contributed by atoms with Crippen molar-refractivity contribution in [2.45, 2.75) is 72.1 Å². The molecule has 118 valence electrons. The summed E-state index contributed by atoms with van der Waals surface area (Å²) in [5, 5.41) is 0. The standard InChI is InChI=1S/C16H30O4/c1-4-7-8-9-10-11-12-13-14(15(17)19-5-2)16(18)20-6-3/h14H,4-13H2,1-3H3. The van der Waals surface area contributed by atoms with Gasteiger partial charge < -0.3 is 9.47 Å². The summed E-state index contributed by atoms with van der Waals surface area (Å²) in [6, 6.07) is 0. The zero-order valence-corrected chi connectivity index (χ0v) is 13.3. The van der Waals surface area contributed by atoms with Crippen molar-refractivity contribution < 1.29 is 19.1 Å². The predicted molar refractivity (Wildman–Crippen MR) is 79.4 cm³/mol. The molecule has 0 spiro atoms. The second kappa shape index (κ2) is 12.9. The first-order chi connectivity index (χ1) is 9.67. The van der Waals surface area contributed by atoms with Crippen molar-refractivity contribution >= 4 is 11.9 Å². The summed E-state index contributed by atoms with van der Waals surface area (Å²) < 4.78 is 9.88. The molecule has 0 aromatic carbocycles. The monoisotopic (exact) mass is 286 g/mol. The van der Waals surface area contributed by atoms with Crippen LogP contribution in [0.2, 0.25) is 0 Å². The van der Waals surface area contributed by atoms with Crippen LogP contribution in [0.5, 0.6) is 0 Å². The van der Waals surface area contributed by atoms with Crippen molar-refractivity contribution in [1.29, 1.82) is 0 Å². The average molecular weight is 286 g/mol. The van der Waals surface area contributed by atoms with Crippen LogP contribution in [-0.4, -0.2) is 25.2 Å². The first kappa shape index (κ1) is 18.9. The van der Waals surface area contributed by atoms with Gasteiger partial charge in [0.2, 0.25) is 0 Å². The van der Waals surface area contributed by atoms with Crippen LogP contribution in [0.1, 0.15) is 72.1 Å². The topological polar surface area (TPSA) is 52.6 Å². The Labute approximate surface area is 123 Å². The Balaban J connectivity index is 3.97. The molecular formula is C16H30O4. The molecule has 20 heavy (non-hydrogen) atoms. The summed E-state index contributed by atoms with van der Waals surface area (Å²) in [4.78, 5) is 23.5.